The standard InChI is InChI=1S/C14H16N2O4S/c1-3-20-13(17)9-16-21(18,19)12-6-4-5-11-7-10(2)8-15-14(11)12/h4-8,16H,3,9H2,1-2H3. The maximum absolute atomic E-state index is 12.3. The number of nitrogens with zero attached hydrogens (tertiary/aromatic N) is 1. The van der Waals surface area contributed by atoms with Crippen molar-refractivity contribution in [2.24, 2.45) is 0 Å². The Morgan fingerprint density at radius 2 is 2.14 bits per heavy atom. The summed E-state index contributed by atoms with van der Waals surface area (Å²) in [6.07, 6.45) is 1.60. The van der Waals surface area contributed by atoms with E-state index in [4.69, 9.17) is 4.74 Å². The van der Waals surface area contributed by atoms with Gasteiger partial charge in [0.05, 0.1) is 12.1 Å². The third kappa shape index (κ3) is 3.56. The minimum absolute atomic E-state index is 0.0456. The highest BCUT2D eigenvalue weighted by atomic mass is 32.2. The van der Waals surface area contributed by atoms with E-state index in [1.54, 1.807) is 25.3 Å². The second-order valence-corrected chi connectivity index (χ2v) is 6.21. The molecule has 7 heteroatoms. The Morgan fingerprint density at radius 1 is 1.38 bits per heavy atom. The topological polar surface area (TPSA) is 85.4 Å². The summed E-state index contributed by atoms with van der Waals surface area (Å²) in [6, 6.07) is 6.74. The summed E-state index contributed by atoms with van der Waals surface area (Å²) < 4.78 is 31.5. The molecule has 0 saturated heterocycles. The Kier molecular flexibility index (Phi) is 4.54. The predicted molar refractivity (Wildman–Crippen MR) is 78.3 cm³/mol. The van der Waals surface area contributed by atoms with Gasteiger partial charge in [-0.2, -0.15) is 4.72 Å². The van der Waals surface area contributed by atoms with Crippen LogP contribution in [0.5, 0.6) is 0 Å². The molecule has 0 radical (unpaired) electrons. The molecular formula is C14H16N2O4S. The van der Waals surface area contributed by atoms with Crippen LogP contribution in [0.2, 0.25) is 0 Å². The van der Waals surface area contributed by atoms with Gasteiger partial charge < -0.3 is 4.74 Å². The molecular weight excluding hydrogens is 292 g/mol. The number of hydrogen-bond acceptors (Lipinski definition) is 5. The molecule has 1 heterocycles. The van der Waals surface area contributed by atoms with Crippen LogP contribution in [-0.4, -0.2) is 32.5 Å². The molecule has 1 N–H and O–H groups in total. The lowest BCUT2D eigenvalue weighted by molar-refractivity contribution is -0.141. The van der Waals surface area contributed by atoms with E-state index in [9.17, 15) is 13.2 Å². The van der Waals surface area contributed by atoms with Crippen LogP contribution in [0.25, 0.3) is 10.9 Å². The molecule has 2 aromatic rings. The third-order valence-electron chi connectivity index (χ3n) is 2.81. The summed E-state index contributed by atoms with van der Waals surface area (Å²) in [5, 5.41) is 0.731. The average molecular weight is 308 g/mol. The first-order valence-electron chi connectivity index (χ1n) is 6.44. The highest BCUT2D eigenvalue weighted by Crippen LogP contribution is 2.21. The molecule has 1 aromatic heterocycles. The number of fused-ring (bicyclic) bond motifs is 1. The number of aromatic nitrogens is 1. The molecule has 0 bridgehead atoms. The zero-order valence-electron chi connectivity index (χ0n) is 11.8. The van der Waals surface area contributed by atoms with Crippen LogP contribution in [0.3, 0.4) is 0 Å². The monoisotopic (exact) mass is 308 g/mol. The summed E-state index contributed by atoms with van der Waals surface area (Å²) >= 11 is 0. The molecule has 2 rings (SSSR count). The molecule has 6 nitrogen and oxygen atoms in total. The number of benzene rings is 1. The van der Waals surface area contributed by atoms with Crippen LogP contribution in [0.15, 0.2) is 35.4 Å². The van der Waals surface area contributed by atoms with Crippen molar-refractivity contribution < 1.29 is 17.9 Å². The molecule has 21 heavy (non-hydrogen) atoms. The van der Waals surface area contributed by atoms with Crippen molar-refractivity contribution in [3.05, 3.63) is 36.0 Å². The number of rotatable bonds is 5. The molecule has 0 aliphatic heterocycles. The number of carbonyl (C=O) groups excluding carboxylic acids is 1. The Hall–Kier alpha value is -1.99. The van der Waals surface area contributed by atoms with Gasteiger partial charge in [0.1, 0.15) is 11.4 Å². The van der Waals surface area contributed by atoms with Gasteiger partial charge in [0, 0.05) is 11.6 Å². The molecule has 0 spiro atoms. The second kappa shape index (κ2) is 6.19. The van der Waals surface area contributed by atoms with Gasteiger partial charge in [-0.15, -0.1) is 0 Å². The zero-order valence-corrected chi connectivity index (χ0v) is 12.6. The maximum atomic E-state index is 12.3. The summed E-state index contributed by atoms with van der Waals surface area (Å²) in [4.78, 5) is 15.5. The molecule has 0 saturated carbocycles. The first kappa shape index (κ1) is 15.4. The number of hydrogen-bond donors (Lipinski definition) is 1. The van der Waals surface area contributed by atoms with Crippen molar-refractivity contribution in [2.75, 3.05) is 13.2 Å². The fraction of sp³-hybridized carbons (Fsp3) is 0.286. The van der Waals surface area contributed by atoms with Gasteiger partial charge >= 0.3 is 5.97 Å². The molecule has 0 unspecified atom stereocenters. The lowest BCUT2D eigenvalue weighted by Crippen LogP contribution is -2.30. The van der Waals surface area contributed by atoms with E-state index >= 15 is 0 Å². The second-order valence-electron chi connectivity index (χ2n) is 4.47. The highest BCUT2D eigenvalue weighted by molar-refractivity contribution is 7.89. The van der Waals surface area contributed by atoms with Gasteiger partial charge in [-0.05, 0) is 31.5 Å². The van der Waals surface area contributed by atoms with E-state index in [1.165, 1.54) is 6.07 Å². The van der Waals surface area contributed by atoms with Gasteiger partial charge in [0.15, 0.2) is 0 Å². The molecule has 0 atom stereocenters. The summed E-state index contributed by atoms with van der Waals surface area (Å²) in [5.74, 6) is -0.620. The number of nitrogens with one attached hydrogen (secondary N) is 1. The van der Waals surface area contributed by atoms with Gasteiger partial charge in [0.25, 0.3) is 0 Å². The van der Waals surface area contributed by atoms with Crippen molar-refractivity contribution >= 4 is 26.9 Å². The number of esters is 1. The average Bonchev–Trinajstić information content (AvgIpc) is 2.44. The summed E-state index contributed by atoms with van der Waals surface area (Å²) in [6.45, 7) is 3.34. The van der Waals surface area contributed by atoms with Gasteiger partial charge in [-0.1, -0.05) is 12.1 Å². The number of pyridine rings is 1. The van der Waals surface area contributed by atoms with Crippen LogP contribution >= 0.6 is 0 Å². The van der Waals surface area contributed by atoms with Crippen LogP contribution in [-0.2, 0) is 19.6 Å². The van der Waals surface area contributed by atoms with Crippen molar-refractivity contribution in [3.8, 4) is 0 Å². The largest absolute Gasteiger partial charge is 0.465 e. The number of aryl methyl sites for hydroxylation is 1. The van der Waals surface area contributed by atoms with Crippen LogP contribution in [0.4, 0.5) is 0 Å². The van der Waals surface area contributed by atoms with Crippen LogP contribution in [0, 0.1) is 6.92 Å². The van der Waals surface area contributed by atoms with Crippen LogP contribution in [0.1, 0.15) is 12.5 Å². The van der Waals surface area contributed by atoms with E-state index in [1.807, 2.05) is 13.0 Å². The minimum Gasteiger partial charge on any atom is -0.465 e. The quantitative estimate of drug-likeness (QED) is 0.844. The Labute approximate surface area is 123 Å². The number of ether oxygens (including phenoxy) is 1. The van der Waals surface area contributed by atoms with Crippen molar-refractivity contribution in [1.29, 1.82) is 0 Å². The fourth-order valence-electron chi connectivity index (χ4n) is 1.90. The van der Waals surface area contributed by atoms with Crippen molar-refractivity contribution in [1.82, 2.24) is 9.71 Å². The maximum Gasteiger partial charge on any atom is 0.321 e. The van der Waals surface area contributed by atoms with Crippen LogP contribution < -0.4 is 4.72 Å². The molecule has 0 amide bonds. The normalized spacial score (nSPS) is 11.5. The predicted octanol–water partition coefficient (Wildman–Crippen LogP) is 1.38. The minimum atomic E-state index is -3.83. The molecule has 0 aliphatic carbocycles. The lowest BCUT2D eigenvalue weighted by atomic mass is 10.2. The number of carbonyl (C=O) groups is 1. The first-order valence-corrected chi connectivity index (χ1v) is 7.93. The zero-order chi connectivity index (χ0) is 15.5. The number of para-hydroxylation sites is 1. The fourth-order valence-corrected chi connectivity index (χ4v) is 3.05. The lowest BCUT2D eigenvalue weighted by Gasteiger charge is -2.09. The summed E-state index contributed by atoms with van der Waals surface area (Å²) in [5.41, 5.74) is 1.32. The van der Waals surface area contributed by atoms with E-state index in [-0.39, 0.29) is 11.5 Å². The van der Waals surface area contributed by atoms with Gasteiger partial charge in [-0.25, -0.2) is 8.42 Å². The third-order valence-corrected chi connectivity index (χ3v) is 4.24. The Morgan fingerprint density at radius 3 is 2.86 bits per heavy atom. The smallest absolute Gasteiger partial charge is 0.321 e. The van der Waals surface area contributed by atoms with Crippen molar-refractivity contribution in [3.63, 3.8) is 0 Å². The van der Waals surface area contributed by atoms with Crippen molar-refractivity contribution in [2.45, 2.75) is 18.7 Å². The van der Waals surface area contributed by atoms with E-state index in [0.717, 1.165) is 10.9 Å². The highest BCUT2D eigenvalue weighted by Gasteiger charge is 2.19. The number of sulfonamides is 1. The Bertz CT molecular complexity index is 772. The van der Waals surface area contributed by atoms with E-state index in [0.29, 0.717) is 5.52 Å². The summed E-state index contributed by atoms with van der Waals surface area (Å²) in [7, 11) is -3.83. The van der Waals surface area contributed by atoms with E-state index in [2.05, 4.69) is 9.71 Å². The van der Waals surface area contributed by atoms with E-state index < -0.39 is 22.5 Å². The molecule has 112 valence electrons. The van der Waals surface area contributed by atoms with Gasteiger partial charge in [0.2, 0.25) is 10.0 Å². The first-order chi connectivity index (χ1) is 9.94. The molecule has 0 fully saturated rings. The SMILES string of the molecule is CCOC(=O)CNS(=O)(=O)c1cccc2cc(C)cnc12. The Balaban J connectivity index is 2.34. The van der Waals surface area contributed by atoms with Gasteiger partial charge in [-0.3, -0.25) is 9.78 Å². The molecule has 1 aromatic carbocycles. The molecule has 0 aliphatic rings.